The van der Waals surface area contributed by atoms with Crippen LogP contribution in [0.1, 0.15) is 12.6 Å². The summed E-state index contributed by atoms with van der Waals surface area (Å²) in [7, 11) is 1.98. The fraction of sp³-hybridized carbons (Fsp3) is 0.500. The lowest BCUT2D eigenvalue weighted by Crippen LogP contribution is -2.33. The average molecular weight is 285 g/mol. The Balaban J connectivity index is 3.23. The summed E-state index contributed by atoms with van der Waals surface area (Å²) in [6.07, 6.45) is 19.4. The van der Waals surface area contributed by atoms with Gasteiger partial charge in [0.15, 0.2) is 0 Å². The average Bonchev–Trinajstić information content (AvgIpc) is 2.77. The Hall–Kier alpha value is -0.280. The highest BCUT2D eigenvalue weighted by Gasteiger charge is 2.40. The summed E-state index contributed by atoms with van der Waals surface area (Å²) < 4.78 is 2.26. The van der Waals surface area contributed by atoms with Crippen molar-refractivity contribution in [2.75, 3.05) is 19.0 Å². The Kier molecular flexibility index (Phi) is 5.74. The molecule has 0 aliphatic carbocycles. The number of aryl methyl sites for hydroxylation is 1. The molecule has 0 spiro atoms. The van der Waals surface area contributed by atoms with E-state index in [9.17, 15) is 0 Å². The predicted molar refractivity (Wildman–Crippen MR) is 87.4 cm³/mol. The number of aromatic nitrogens is 2. The zero-order valence-corrected chi connectivity index (χ0v) is 13.3. The molecule has 92 valence electrons. The lowest BCUT2D eigenvalue weighted by Gasteiger charge is -2.25. The van der Waals surface area contributed by atoms with Gasteiger partial charge in [-0.15, -0.1) is 16.4 Å². The van der Waals surface area contributed by atoms with Crippen LogP contribution in [0.15, 0.2) is 12.5 Å². The van der Waals surface area contributed by atoms with Crippen molar-refractivity contribution in [1.29, 1.82) is 0 Å². The van der Waals surface area contributed by atoms with Crippen molar-refractivity contribution in [2.24, 2.45) is 0 Å². The van der Waals surface area contributed by atoms with Crippen LogP contribution in [0.3, 0.4) is 0 Å². The Morgan fingerprint density at radius 3 is 2.35 bits per heavy atom. The molecule has 1 rings (SSSR count). The van der Waals surface area contributed by atoms with Crippen molar-refractivity contribution in [3.8, 4) is 0 Å². The molecule has 17 heavy (non-hydrogen) atoms. The lowest BCUT2D eigenvalue weighted by molar-refractivity contribution is 0.547. The van der Waals surface area contributed by atoms with Gasteiger partial charge in [0, 0.05) is 6.20 Å². The van der Waals surface area contributed by atoms with Gasteiger partial charge >= 0.3 is 0 Å². The first kappa shape index (κ1) is 14.8. The fourth-order valence-electron chi connectivity index (χ4n) is 1.78. The minimum absolute atomic E-state index is 0.0718. The van der Waals surface area contributed by atoms with Gasteiger partial charge in [-0.3, -0.25) is 4.57 Å². The minimum Gasteiger partial charge on any atom is -0.292 e. The monoisotopic (exact) mass is 285 g/mol. The molecule has 0 N–H and O–H groups in total. The molecule has 0 amide bonds. The van der Waals surface area contributed by atoms with E-state index in [0.717, 1.165) is 40.8 Å². The second-order valence-corrected chi connectivity index (χ2v) is 7.82. The van der Waals surface area contributed by atoms with Crippen LogP contribution in [0, 0.1) is 0 Å². The van der Waals surface area contributed by atoms with E-state index in [1.54, 1.807) is 0 Å². The molecule has 5 heteroatoms. The van der Waals surface area contributed by atoms with Gasteiger partial charge in [0.05, 0.1) is 37.3 Å². The van der Waals surface area contributed by atoms with Crippen molar-refractivity contribution in [3.63, 3.8) is 0 Å². The maximum Gasteiger partial charge on any atom is 0.216 e. The highest BCUT2D eigenvalue weighted by Crippen LogP contribution is 2.44. The quantitative estimate of drug-likeness (QED) is 0.702. The largest absolute Gasteiger partial charge is 0.292 e. The first-order valence-electron chi connectivity index (χ1n) is 5.53. The van der Waals surface area contributed by atoms with E-state index in [1.807, 2.05) is 6.33 Å². The second-order valence-electron chi connectivity index (χ2n) is 4.07. The van der Waals surface area contributed by atoms with Gasteiger partial charge in [-0.2, -0.15) is 0 Å². The molecule has 1 atom stereocenters. The topological polar surface area (TPSA) is 17.8 Å². The normalized spacial score (nSPS) is 16.0. The molecule has 1 aromatic heterocycles. The number of rotatable bonds is 7. The van der Waals surface area contributed by atoms with Crippen molar-refractivity contribution in [2.45, 2.75) is 18.6 Å². The summed E-state index contributed by atoms with van der Waals surface area (Å²) in [5.74, 6) is 0. The van der Waals surface area contributed by atoms with Gasteiger partial charge in [0.25, 0.3) is 0 Å². The molecule has 0 bridgehead atoms. The smallest absolute Gasteiger partial charge is 0.216 e. The predicted octanol–water partition coefficient (Wildman–Crippen LogP) is 3.40. The van der Waals surface area contributed by atoms with Crippen LogP contribution < -0.4 is 0 Å². The van der Waals surface area contributed by atoms with E-state index in [-0.39, 0.29) is 12.8 Å². The van der Waals surface area contributed by atoms with Gasteiger partial charge in [-0.1, -0.05) is 19.5 Å². The van der Waals surface area contributed by atoms with Crippen LogP contribution in [0.5, 0.6) is 0 Å². The minimum atomic E-state index is -0.349. The SMILES string of the molecule is C=PCC(CP=C)(n1cnc(CC)c1)[P+](=C)C. The highest BCUT2D eigenvalue weighted by atomic mass is 31.1. The van der Waals surface area contributed by atoms with E-state index in [0.29, 0.717) is 0 Å². The molecule has 0 aliphatic rings. The molecule has 2 nitrogen and oxygen atoms in total. The van der Waals surface area contributed by atoms with Gasteiger partial charge in [0.2, 0.25) is 5.28 Å². The molecule has 0 aliphatic heterocycles. The summed E-state index contributed by atoms with van der Waals surface area (Å²) in [5.41, 5.74) is 1.15. The van der Waals surface area contributed by atoms with Crippen molar-refractivity contribution < 1.29 is 0 Å². The third kappa shape index (κ3) is 3.14. The Morgan fingerprint density at radius 2 is 2.00 bits per heavy atom. The zero-order chi connectivity index (χ0) is 12.9. The van der Waals surface area contributed by atoms with Crippen molar-refractivity contribution >= 4 is 42.9 Å². The lowest BCUT2D eigenvalue weighted by atomic mass is 10.3. The molecular weight excluding hydrogens is 265 g/mol. The van der Waals surface area contributed by atoms with Gasteiger partial charge in [-0.05, 0) is 6.42 Å². The van der Waals surface area contributed by atoms with E-state index in [4.69, 9.17) is 0 Å². The molecule has 1 aromatic rings. The van der Waals surface area contributed by atoms with Crippen LogP contribution in [0.25, 0.3) is 0 Å². The molecule has 1 unspecified atom stereocenters. The molecule has 0 aromatic carbocycles. The summed E-state index contributed by atoms with van der Waals surface area (Å²) >= 11 is 0. The first-order valence-corrected chi connectivity index (χ1v) is 10.0. The summed E-state index contributed by atoms with van der Waals surface area (Å²) in [6.45, 7) is 4.36. The van der Waals surface area contributed by atoms with Crippen molar-refractivity contribution in [3.05, 3.63) is 18.2 Å². The van der Waals surface area contributed by atoms with Crippen LogP contribution >= 0.6 is 24.0 Å². The number of hydrogen-bond acceptors (Lipinski definition) is 1. The zero-order valence-electron chi connectivity index (χ0n) is 10.6. The van der Waals surface area contributed by atoms with E-state index in [1.165, 1.54) is 0 Å². The van der Waals surface area contributed by atoms with Gasteiger partial charge in [0.1, 0.15) is 7.55 Å². The Labute approximate surface area is 108 Å². The molecule has 0 saturated carbocycles. The molecule has 0 saturated heterocycles. The summed E-state index contributed by atoms with van der Waals surface area (Å²) in [4.78, 5) is 4.45. The summed E-state index contributed by atoms with van der Waals surface area (Å²) in [6, 6.07) is 0. The third-order valence-corrected chi connectivity index (χ3v) is 6.88. The van der Waals surface area contributed by atoms with Crippen molar-refractivity contribution in [1.82, 2.24) is 9.55 Å². The van der Waals surface area contributed by atoms with Crippen LogP contribution in [-0.2, 0) is 11.7 Å². The molecule has 0 fully saturated rings. The highest BCUT2D eigenvalue weighted by molar-refractivity contribution is 7.57. The third-order valence-electron chi connectivity index (χ3n) is 2.92. The first-order chi connectivity index (χ1) is 8.10. The molecule has 0 radical (unpaired) electrons. The van der Waals surface area contributed by atoms with Gasteiger partial charge < -0.3 is 0 Å². The van der Waals surface area contributed by atoms with E-state index in [2.05, 4.69) is 48.2 Å². The maximum atomic E-state index is 4.45. The van der Waals surface area contributed by atoms with Crippen LogP contribution in [0.4, 0.5) is 0 Å². The fourth-order valence-corrected chi connectivity index (χ4v) is 6.26. The van der Waals surface area contributed by atoms with Crippen LogP contribution in [0.2, 0.25) is 0 Å². The molecular formula is C12H20N2P3+. The Morgan fingerprint density at radius 1 is 1.41 bits per heavy atom. The number of imidazole rings is 1. The number of hydrogen-bond donors (Lipinski definition) is 0. The van der Waals surface area contributed by atoms with Gasteiger partial charge in [-0.25, -0.2) is 4.98 Å². The summed E-state index contributed by atoms with van der Waals surface area (Å²) in [5, 5.41) is 0.0718. The van der Waals surface area contributed by atoms with E-state index < -0.39 is 0 Å². The Bertz CT molecular complexity index is 413. The van der Waals surface area contributed by atoms with Crippen LogP contribution in [-0.4, -0.2) is 47.4 Å². The maximum absolute atomic E-state index is 4.45. The van der Waals surface area contributed by atoms with E-state index >= 15 is 0 Å². The second kappa shape index (κ2) is 6.60. The standard InChI is InChI=1S/C12H20N2P3/c1-6-11-7-14(10-13-11)12(8-15-2,9-16-3)17(4)5/h7,10H,2-4,6,8-9H2,1,5H3/q+1. The molecule has 1 heterocycles. The number of nitrogens with zero attached hydrogens (tertiary/aromatic N) is 2.